The van der Waals surface area contributed by atoms with Crippen molar-refractivity contribution in [2.45, 2.75) is 45.4 Å². The third-order valence-corrected chi connectivity index (χ3v) is 1.86. The Hall–Kier alpha value is -0.990. The van der Waals surface area contributed by atoms with E-state index in [2.05, 4.69) is 6.92 Å². The molecule has 0 spiro atoms. The van der Waals surface area contributed by atoms with Gasteiger partial charge < -0.3 is 10.2 Å². The minimum Gasteiger partial charge on any atom is -0.502 e. The van der Waals surface area contributed by atoms with Gasteiger partial charge >= 0.3 is 5.97 Å². The van der Waals surface area contributed by atoms with Gasteiger partial charge in [0.25, 0.3) is 0 Å². The summed E-state index contributed by atoms with van der Waals surface area (Å²) in [7, 11) is 0. The Morgan fingerprint density at radius 2 is 1.77 bits per heavy atom. The third kappa shape index (κ3) is 7.37. The number of hydrogen-bond acceptors (Lipinski definition) is 2. The zero-order valence-corrected chi connectivity index (χ0v) is 8.12. The van der Waals surface area contributed by atoms with Gasteiger partial charge in [0.15, 0.2) is 5.76 Å². The van der Waals surface area contributed by atoms with Crippen LogP contribution < -0.4 is 0 Å². The second kappa shape index (κ2) is 7.65. The Balaban J connectivity index is 3.34. The standard InChI is InChI=1S/C10H18O3/c1-2-3-4-5-6-7-8-9(11)10(12)13/h8,11H,2-7H2,1H3,(H,12,13)/b9-8-. The lowest BCUT2D eigenvalue weighted by Crippen LogP contribution is -1.98. The summed E-state index contributed by atoms with van der Waals surface area (Å²) in [5.74, 6) is -1.77. The first-order valence-corrected chi connectivity index (χ1v) is 4.81. The van der Waals surface area contributed by atoms with Gasteiger partial charge in [-0.15, -0.1) is 0 Å². The fourth-order valence-electron chi connectivity index (χ4n) is 1.07. The van der Waals surface area contributed by atoms with Crippen LogP contribution in [0.5, 0.6) is 0 Å². The molecule has 0 radical (unpaired) electrons. The summed E-state index contributed by atoms with van der Waals surface area (Å²) in [4.78, 5) is 10.1. The van der Waals surface area contributed by atoms with Crippen molar-refractivity contribution in [1.82, 2.24) is 0 Å². The van der Waals surface area contributed by atoms with Crippen molar-refractivity contribution in [2.75, 3.05) is 0 Å². The van der Waals surface area contributed by atoms with E-state index in [1.807, 2.05) is 0 Å². The van der Waals surface area contributed by atoms with E-state index in [-0.39, 0.29) is 0 Å². The van der Waals surface area contributed by atoms with E-state index in [0.29, 0.717) is 6.42 Å². The second-order valence-corrected chi connectivity index (χ2v) is 3.10. The van der Waals surface area contributed by atoms with Gasteiger partial charge in [0.05, 0.1) is 0 Å². The lowest BCUT2D eigenvalue weighted by Gasteiger charge is -1.96. The lowest BCUT2D eigenvalue weighted by molar-refractivity contribution is -0.135. The molecule has 0 saturated heterocycles. The molecule has 76 valence electrons. The number of aliphatic carboxylic acids is 1. The van der Waals surface area contributed by atoms with Crippen LogP contribution in [-0.2, 0) is 4.79 Å². The maximum Gasteiger partial charge on any atom is 0.370 e. The summed E-state index contributed by atoms with van der Waals surface area (Å²) in [6, 6.07) is 0. The molecule has 13 heavy (non-hydrogen) atoms. The Labute approximate surface area is 79.1 Å². The number of rotatable bonds is 7. The predicted octanol–water partition coefficient (Wildman–Crippen LogP) is 2.87. The highest BCUT2D eigenvalue weighted by molar-refractivity contribution is 5.83. The van der Waals surface area contributed by atoms with Crippen molar-refractivity contribution in [3.8, 4) is 0 Å². The molecule has 2 N–H and O–H groups in total. The first kappa shape index (κ1) is 12.0. The van der Waals surface area contributed by atoms with Gasteiger partial charge in [0.2, 0.25) is 0 Å². The summed E-state index contributed by atoms with van der Waals surface area (Å²) in [5, 5.41) is 17.1. The molecule has 0 aliphatic heterocycles. The lowest BCUT2D eigenvalue weighted by atomic mass is 10.1. The molecule has 0 aliphatic rings. The Bertz CT molecular complexity index is 173. The number of carboxylic acids is 1. The van der Waals surface area contributed by atoms with E-state index < -0.39 is 11.7 Å². The second-order valence-electron chi connectivity index (χ2n) is 3.10. The molecule has 0 bridgehead atoms. The number of allylic oxidation sites excluding steroid dienone is 1. The summed E-state index contributed by atoms with van der Waals surface area (Å²) < 4.78 is 0. The van der Waals surface area contributed by atoms with Crippen molar-refractivity contribution in [3.05, 3.63) is 11.8 Å². The summed E-state index contributed by atoms with van der Waals surface area (Å²) in [5.41, 5.74) is 0. The van der Waals surface area contributed by atoms with Crippen LogP contribution in [0.25, 0.3) is 0 Å². The number of hydrogen-bond donors (Lipinski definition) is 2. The third-order valence-electron chi connectivity index (χ3n) is 1.86. The smallest absolute Gasteiger partial charge is 0.370 e. The SMILES string of the molecule is CCCCCCC/C=C(\O)C(=O)O. The topological polar surface area (TPSA) is 57.5 Å². The van der Waals surface area contributed by atoms with Crippen LogP contribution in [0.3, 0.4) is 0 Å². The Kier molecular flexibility index (Phi) is 7.07. The first-order chi connectivity index (χ1) is 6.18. The molecule has 0 rings (SSSR count). The van der Waals surface area contributed by atoms with E-state index in [4.69, 9.17) is 10.2 Å². The van der Waals surface area contributed by atoms with Crippen LogP contribution in [0.4, 0.5) is 0 Å². The highest BCUT2D eigenvalue weighted by Crippen LogP contribution is 2.06. The molecule has 3 nitrogen and oxygen atoms in total. The molecule has 0 aromatic rings. The van der Waals surface area contributed by atoms with Crippen molar-refractivity contribution in [3.63, 3.8) is 0 Å². The van der Waals surface area contributed by atoms with E-state index in [0.717, 1.165) is 12.8 Å². The van der Waals surface area contributed by atoms with E-state index in [1.54, 1.807) is 0 Å². The molecule has 0 unspecified atom stereocenters. The van der Waals surface area contributed by atoms with Crippen molar-refractivity contribution in [2.24, 2.45) is 0 Å². The van der Waals surface area contributed by atoms with Gasteiger partial charge in [-0.3, -0.25) is 0 Å². The quantitative estimate of drug-likeness (QED) is 0.365. The van der Waals surface area contributed by atoms with Gasteiger partial charge in [-0.05, 0) is 18.9 Å². The molecule has 0 aromatic heterocycles. The summed E-state index contributed by atoms with van der Waals surface area (Å²) in [6.07, 6.45) is 7.72. The average molecular weight is 186 g/mol. The van der Waals surface area contributed by atoms with E-state index in [9.17, 15) is 4.79 Å². The molecule has 0 saturated carbocycles. The van der Waals surface area contributed by atoms with Crippen molar-refractivity contribution >= 4 is 5.97 Å². The zero-order chi connectivity index (χ0) is 10.1. The molecule has 0 aliphatic carbocycles. The maximum atomic E-state index is 10.1. The summed E-state index contributed by atoms with van der Waals surface area (Å²) >= 11 is 0. The maximum absolute atomic E-state index is 10.1. The fourth-order valence-corrected chi connectivity index (χ4v) is 1.07. The fraction of sp³-hybridized carbons (Fsp3) is 0.700. The number of carbonyl (C=O) groups is 1. The van der Waals surface area contributed by atoms with E-state index >= 15 is 0 Å². The largest absolute Gasteiger partial charge is 0.502 e. The van der Waals surface area contributed by atoms with Gasteiger partial charge in [-0.2, -0.15) is 0 Å². The molecule has 0 fully saturated rings. The number of aliphatic hydroxyl groups is 1. The van der Waals surface area contributed by atoms with Gasteiger partial charge in [-0.1, -0.05) is 32.6 Å². The minimum atomic E-state index is -1.24. The highest BCUT2D eigenvalue weighted by Gasteiger charge is 2.00. The van der Waals surface area contributed by atoms with Crippen LogP contribution in [-0.4, -0.2) is 16.2 Å². The van der Waals surface area contributed by atoms with Crippen LogP contribution in [0, 0.1) is 0 Å². The molecule has 0 amide bonds. The normalized spacial score (nSPS) is 11.6. The molecule has 0 atom stereocenters. The van der Waals surface area contributed by atoms with E-state index in [1.165, 1.54) is 25.3 Å². The average Bonchev–Trinajstić information content (AvgIpc) is 2.10. The van der Waals surface area contributed by atoms with Gasteiger partial charge in [-0.25, -0.2) is 4.79 Å². The van der Waals surface area contributed by atoms with Crippen LogP contribution >= 0.6 is 0 Å². The predicted molar refractivity (Wildman–Crippen MR) is 51.7 cm³/mol. The summed E-state index contributed by atoms with van der Waals surface area (Å²) in [6.45, 7) is 2.15. The highest BCUT2D eigenvalue weighted by atomic mass is 16.4. The van der Waals surface area contributed by atoms with Gasteiger partial charge in [0, 0.05) is 0 Å². The monoisotopic (exact) mass is 186 g/mol. The van der Waals surface area contributed by atoms with Crippen LogP contribution in [0.2, 0.25) is 0 Å². The van der Waals surface area contributed by atoms with Crippen LogP contribution in [0.15, 0.2) is 11.8 Å². The van der Waals surface area contributed by atoms with Crippen molar-refractivity contribution in [1.29, 1.82) is 0 Å². The number of aliphatic hydroxyl groups excluding tert-OH is 1. The Morgan fingerprint density at radius 1 is 1.15 bits per heavy atom. The minimum absolute atomic E-state index is 0.532. The van der Waals surface area contributed by atoms with Crippen LogP contribution in [0.1, 0.15) is 45.4 Å². The molecule has 3 heteroatoms. The molecule has 0 aromatic carbocycles. The zero-order valence-electron chi connectivity index (χ0n) is 8.12. The number of carboxylic acid groups (broad SMARTS) is 1. The molecular formula is C10H18O3. The van der Waals surface area contributed by atoms with Crippen molar-refractivity contribution < 1.29 is 15.0 Å². The Morgan fingerprint density at radius 3 is 2.31 bits per heavy atom. The molecule has 0 heterocycles. The molecular weight excluding hydrogens is 168 g/mol. The first-order valence-electron chi connectivity index (χ1n) is 4.81. The van der Waals surface area contributed by atoms with Gasteiger partial charge in [0.1, 0.15) is 0 Å². The number of unbranched alkanes of at least 4 members (excludes halogenated alkanes) is 5.